The second-order valence-electron chi connectivity index (χ2n) is 5.82. The molecule has 1 amide bonds. The molecule has 0 saturated carbocycles. The number of amides is 1. The smallest absolute Gasteiger partial charge is 0.228 e. The van der Waals surface area contributed by atoms with Crippen LogP contribution in [0.2, 0.25) is 10.0 Å². The molecule has 0 saturated heterocycles. The number of carbonyl (C=O) groups excluding carboxylic acids is 1. The number of benzene rings is 1. The van der Waals surface area contributed by atoms with Gasteiger partial charge in [0.1, 0.15) is 6.61 Å². The number of nitrogens with zero attached hydrogens (tertiary/aromatic N) is 1. The number of rotatable bonds is 2. The van der Waals surface area contributed by atoms with Gasteiger partial charge in [0.05, 0.1) is 12.0 Å². The summed E-state index contributed by atoms with van der Waals surface area (Å²) >= 11 is 12.4. The summed E-state index contributed by atoms with van der Waals surface area (Å²) in [4.78, 5) is 16.9. The lowest BCUT2D eigenvalue weighted by atomic mass is 9.99. The van der Waals surface area contributed by atoms with Gasteiger partial charge in [0, 0.05) is 21.8 Å². The molecule has 1 aliphatic heterocycles. The van der Waals surface area contributed by atoms with Crippen molar-refractivity contribution in [1.82, 2.24) is 10.3 Å². The summed E-state index contributed by atoms with van der Waals surface area (Å²) in [6, 6.07) is 7.20. The van der Waals surface area contributed by atoms with Gasteiger partial charge >= 0.3 is 0 Å². The topological polar surface area (TPSA) is 51.2 Å². The Balaban J connectivity index is 1.57. The summed E-state index contributed by atoms with van der Waals surface area (Å²) in [5, 5.41) is 4.24. The molecule has 2 aliphatic rings. The zero-order chi connectivity index (χ0) is 16.0. The standard InChI is InChI=1S/C17H14Cl2N2O2/c18-10-6-9-3-4-12(15(9)13(19)7-10)16(22)21-14-8-23-17-11(14)2-1-5-20-17/h1-2,5-7,12,14H,3-4,8H2,(H,21,22). The summed E-state index contributed by atoms with van der Waals surface area (Å²) in [5.41, 5.74) is 2.88. The third kappa shape index (κ3) is 2.56. The summed E-state index contributed by atoms with van der Waals surface area (Å²) < 4.78 is 5.51. The van der Waals surface area contributed by atoms with Crippen molar-refractivity contribution < 1.29 is 9.53 Å². The largest absolute Gasteiger partial charge is 0.475 e. The highest BCUT2D eigenvalue weighted by molar-refractivity contribution is 6.35. The maximum atomic E-state index is 12.7. The number of aromatic nitrogens is 1. The number of carbonyl (C=O) groups is 1. The maximum Gasteiger partial charge on any atom is 0.228 e. The molecule has 2 heterocycles. The molecule has 1 aliphatic carbocycles. The van der Waals surface area contributed by atoms with Crippen LogP contribution in [-0.4, -0.2) is 17.5 Å². The van der Waals surface area contributed by atoms with Crippen LogP contribution >= 0.6 is 23.2 Å². The Hall–Kier alpha value is -1.78. The van der Waals surface area contributed by atoms with Crippen LogP contribution in [0.4, 0.5) is 0 Å². The van der Waals surface area contributed by atoms with E-state index in [0.717, 1.165) is 29.5 Å². The summed E-state index contributed by atoms with van der Waals surface area (Å²) in [5.74, 6) is 0.322. The lowest BCUT2D eigenvalue weighted by Gasteiger charge is -2.17. The molecule has 1 N–H and O–H groups in total. The first-order chi connectivity index (χ1) is 11.1. The van der Waals surface area contributed by atoms with Gasteiger partial charge < -0.3 is 10.1 Å². The second kappa shape index (κ2) is 5.69. The van der Waals surface area contributed by atoms with E-state index < -0.39 is 0 Å². The minimum atomic E-state index is -0.240. The van der Waals surface area contributed by atoms with Crippen molar-refractivity contribution >= 4 is 29.1 Å². The number of aryl methyl sites for hydroxylation is 1. The van der Waals surface area contributed by atoms with Gasteiger partial charge in [-0.3, -0.25) is 4.79 Å². The van der Waals surface area contributed by atoms with E-state index in [1.165, 1.54) is 0 Å². The van der Waals surface area contributed by atoms with E-state index >= 15 is 0 Å². The molecule has 1 aromatic heterocycles. The predicted octanol–water partition coefficient (Wildman–Crippen LogP) is 3.67. The Kier molecular flexibility index (Phi) is 3.66. The molecule has 0 spiro atoms. The Morgan fingerprint density at radius 1 is 1.35 bits per heavy atom. The summed E-state index contributed by atoms with van der Waals surface area (Å²) in [6.45, 7) is 0.409. The van der Waals surface area contributed by atoms with Crippen molar-refractivity contribution in [1.29, 1.82) is 0 Å². The number of ether oxygens (including phenoxy) is 1. The predicted molar refractivity (Wildman–Crippen MR) is 88.1 cm³/mol. The SMILES string of the molecule is O=C(NC1COc2ncccc21)C1CCc2cc(Cl)cc(Cl)c21. The Bertz CT molecular complexity index is 794. The fourth-order valence-corrected chi connectivity index (χ4v) is 4.04. The lowest BCUT2D eigenvalue weighted by molar-refractivity contribution is -0.123. The summed E-state index contributed by atoms with van der Waals surface area (Å²) in [6.07, 6.45) is 3.24. The number of halogens is 2. The van der Waals surface area contributed by atoms with E-state index in [4.69, 9.17) is 27.9 Å². The quantitative estimate of drug-likeness (QED) is 0.900. The Morgan fingerprint density at radius 3 is 3.09 bits per heavy atom. The lowest BCUT2D eigenvalue weighted by Crippen LogP contribution is -2.33. The number of pyridine rings is 1. The van der Waals surface area contributed by atoms with Crippen LogP contribution in [0.3, 0.4) is 0 Å². The molecule has 6 heteroatoms. The van der Waals surface area contributed by atoms with E-state index in [9.17, 15) is 4.79 Å². The van der Waals surface area contributed by atoms with Crippen LogP contribution in [0.1, 0.15) is 35.1 Å². The van der Waals surface area contributed by atoms with Crippen LogP contribution in [0.5, 0.6) is 5.88 Å². The number of hydrogen-bond acceptors (Lipinski definition) is 3. The normalized spacial score (nSPS) is 21.5. The van der Waals surface area contributed by atoms with Crippen molar-refractivity contribution in [2.45, 2.75) is 24.8 Å². The third-order valence-corrected chi connectivity index (χ3v) is 4.96. The molecule has 2 aromatic rings. The number of fused-ring (bicyclic) bond motifs is 2. The van der Waals surface area contributed by atoms with E-state index in [-0.39, 0.29) is 17.9 Å². The highest BCUT2D eigenvalue weighted by Gasteiger charge is 2.34. The minimum absolute atomic E-state index is 0.0294. The molecule has 118 valence electrons. The van der Waals surface area contributed by atoms with Crippen LogP contribution in [0.25, 0.3) is 0 Å². The van der Waals surface area contributed by atoms with Crippen molar-refractivity contribution in [2.75, 3.05) is 6.61 Å². The first-order valence-electron chi connectivity index (χ1n) is 7.49. The fourth-order valence-electron chi connectivity index (χ4n) is 3.37. The van der Waals surface area contributed by atoms with E-state index in [1.807, 2.05) is 18.2 Å². The van der Waals surface area contributed by atoms with Crippen molar-refractivity contribution in [3.63, 3.8) is 0 Å². The molecule has 0 fully saturated rings. The molecule has 0 radical (unpaired) electrons. The Labute approximate surface area is 143 Å². The highest BCUT2D eigenvalue weighted by Crippen LogP contribution is 2.40. The van der Waals surface area contributed by atoms with E-state index in [0.29, 0.717) is 22.5 Å². The van der Waals surface area contributed by atoms with E-state index in [2.05, 4.69) is 10.3 Å². The van der Waals surface area contributed by atoms with Crippen LogP contribution in [0.15, 0.2) is 30.5 Å². The Morgan fingerprint density at radius 2 is 2.22 bits per heavy atom. The van der Waals surface area contributed by atoms with Gasteiger partial charge in [-0.1, -0.05) is 23.2 Å². The van der Waals surface area contributed by atoms with E-state index in [1.54, 1.807) is 12.3 Å². The molecule has 2 unspecified atom stereocenters. The van der Waals surface area contributed by atoms with Crippen LogP contribution in [0, 0.1) is 0 Å². The molecule has 1 aromatic carbocycles. The van der Waals surface area contributed by atoms with Gasteiger partial charge in [-0.2, -0.15) is 0 Å². The average Bonchev–Trinajstić information content (AvgIpc) is 3.12. The van der Waals surface area contributed by atoms with Gasteiger partial charge in [-0.25, -0.2) is 4.98 Å². The maximum absolute atomic E-state index is 12.7. The molecule has 23 heavy (non-hydrogen) atoms. The van der Waals surface area contributed by atoms with Crippen LogP contribution < -0.4 is 10.1 Å². The molecular weight excluding hydrogens is 335 g/mol. The van der Waals surface area contributed by atoms with Crippen molar-refractivity contribution in [3.05, 3.63) is 57.2 Å². The number of nitrogens with one attached hydrogen (secondary N) is 1. The molecule has 4 nitrogen and oxygen atoms in total. The summed E-state index contributed by atoms with van der Waals surface area (Å²) in [7, 11) is 0. The van der Waals surface area contributed by atoms with Gasteiger partial charge in [-0.15, -0.1) is 0 Å². The van der Waals surface area contributed by atoms with Crippen molar-refractivity contribution in [3.8, 4) is 5.88 Å². The second-order valence-corrected chi connectivity index (χ2v) is 6.67. The highest BCUT2D eigenvalue weighted by atomic mass is 35.5. The first-order valence-corrected chi connectivity index (χ1v) is 8.25. The third-order valence-electron chi connectivity index (χ3n) is 4.43. The minimum Gasteiger partial charge on any atom is -0.475 e. The zero-order valence-electron chi connectivity index (χ0n) is 12.2. The molecule has 0 bridgehead atoms. The van der Waals surface area contributed by atoms with Gasteiger partial charge in [0.25, 0.3) is 0 Å². The molecular formula is C17H14Cl2N2O2. The van der Waals surface area contributed by atoms with Gasteiger partial charge in [0.2, 0.25) is 11.8 Å². The number of hydrogen-bond donors (Lipinski definition) is 1. The first kappa shape index (κ1) is 14.8. The monoisotopic (exact) mass is 348 g/mol. The fraction of sp³-hybridized carbons (Fsp3) is 0.294. The average molecular weight is 349 g/mol. The van der Waals surface area contributed by atoms with Gasteiger partial charge in [0.15, 0.2) is 0 Å². The zero-order valence-corrected chi connectivity index (χ0v) is 13.7. The molecule has 4 rings (SSSR count). The van der Waals surface area contributed by atoms with Gasteiger partial charge in [-0.05, 0) is 48.2 Å². The van der Waals surface area contributed by atoms with Crippen molar-refractivity contribution in [2.24, 2.45) is 0 Å². The molecule has 2 atom stereocenters. The van der Waals surface area contributed by atoms with Crippen LogP contribution in [-0.2, 0) is 11.2 Å².